The standard InChI is InChI=1S/C22H22N6O3/c1-13-8-15(29)5-6-18(13)27-12-14-9-16(19(31-2)10-17(14)26-27)22(30)25-21-11-23-20-4-3-7-24-28(20)21/h3-4,7,9-13,18H,5-6,8H2,1-2H3,(H,25,30)/t13-,18?/m1/s1. The fourth-order valence-corrected chi connectivity index (χ4v) is 4.27. The lowest BCUT2D eigenvalue weighted by molar-refractivity contribution is -0.122. The van der Waals surface area contributed by atoms with E-state index in [2.05, 4.69) is 22.3 Å². The first kappa shape index (κ1) is 19.2. The molecule has 1 N–H and O–H groups in total. The zero-order chi connectivity index (χ0) is 21.5. The van der Waals surface area contributed by atoms with Crippen LogP contribution in [0.1, 0.15) is 42.6 Å². The molecule has 4 aromatic rings. The molecule has 3 heterocycles. The lowest BCUT2D eigenvalue weighted by atomic mass is 9.85. The SMILES string of the molecule is COc1cc2nn(C3CCC(=O)C[C@H]3C)cc2cc1C(=O)Nc1cnc2cccnn12. The summed E-state index contributed by atoms with van der Waals surface area (Å²) in [4.78, 5) is 29.0. The summed E-state index contributed by atoms with van der Waals surface area (Å²) in [5.74, 6) is 1.12. The minimum atomic E-state index is -0.324. The quantitative estimate of drug-likeness (QED) is 0.546. The molecule has 0 saturated heterocycles. The van der Waals surface area contributed by atoms with Gasteiger partial charge in [-0.1, -0.05) is 6.92 Å². The van der Waals surface area contributed by atoms with E-state index in [-0.39, 0.29) is 17.9 Å². The number of carbonyl (C=O) groups is 2. The van der Waals surface area contributed by atoms with E-state index in [9.17, 15) is 9.59 Å². The van der Waals surface area contributed by atoms with Crippen molar-refractivity contribution in [3.05, 3.63) is 48.4 Å². The number of carbonyl (C=O) groups excluding carboxylic acids is 2. The molecule has 31 heavy (non-hydrogen) atoms. The summed E-state index contributed by atoms with van der Waals surface area (Å²) < 4.78 is 8.97. The van der Waals surface area contributed by atoms with Crippen LogP contribution in [-0.2, 0) is 4.79 Å². The van der Waals surface area contributed by atoms with Crippen molar-refractivity contribution >= 4 is 34.1 Å². The minimum Gasteiger partial charge on any atom is -0.496 e. The van der Waals surface area contributed by atoms with Crippen molar-refractivity contribution in [1.29, 1.82) is 0 Å². The highest BCUT2D eigenvalue weighted by Gasteiger charge is 2.28. The van der Waals surface area contributed by atoms with Crippen LogP contribution in [0.4, 0.5) is 5.82 Å². The minimum absolute atomic E-state index is 0.164. The van der Waals surface area contributed by atoms with Gasteiger partial charge in [-0.15, -0.1) is 0 Å². The van der Waals surface area contributed by atoms with E-state index >= 15 is 0 Å². The average molecular weight is 418 g/mol. The Kier molecular flexibility index (Phi) is 4.65. The third kappa shape index (κ3) is 3.41. The van der Waals surface area contributed by atoms with Crippen LogP contribution < -0.4 is 10.1 Å². The molecule has 0 bridgehead atoms. The van der Waals surface area contributed by atoms with Gasteiger partial charge in [-0.05, 0) is 30.5 Å². The van der Waals surface area contributed by atoms with Crippen LogP contribution >= 0.6 is 0 Å². The van der Waals surface area contributed by atoms with Gasteiger partial charge in [-0.25, -0.2) is 4.98 Å². The molecule has 0 radical (unpaired) electrons. The largest absolute Gasteiger partial charge is 0.496 e. The van der Waals surface area contributed by atoms with Crippen LogP contribution in [0.3, 0.4) is 0 Å². The molecule has 1 aliphatic rings. The Hall–Kier alpha value is -3.75. The summed E-state index contributed by atoms with van der Waals surface area (Å²) in [6.07, 6.45) is 7.07. The highest BCUT2D eigenvalue weighted by atomic mass is 16.5. The van der Waals surface area contributed by atoms with Crippen molar-refractivity contribution in [2.24, 2.45) is 5.92 Å². The van der Waals surface area contributed by atoms with Gasteiger partial charge in [0.2, 0.25) is 0 Å². The smallest absolute Gasteiger partial charge is 0.260 e. The van der Waals surface area contributed by atoms with Gasteiger partial charge in [-0.2, -0.15) is 14.7 Å². The number of benzene rings is 1. The molecule has 1 aliphatic carbocycles. The Bertz CT molecular complexity index is 1310. The highest BCUT2D eigenvalue weighted by molar-refractivity contribution is 6.08. The molecule has 2 atom stereocenters. The van der Waals surface area contributed by atoms with E-state index in [0.29, 0.717) is 41.4 Å². The van der Waals surface area contributed by atoms with Crippen LogP contribution in [-0.4, -0.2) is 43.2 Å². The number of ketones is 1. The van der Waals surface area contributed by atoms with Gasteiger partial charge in [0, 0.05) is 36.7 Å². The fraction of sp³-hybridized carbons (Fsp3) is 0.318. The Morgan fingerprint density at radius 3 is 3.00 bits per heavy atom. The van der Waals surface area contributed by atoms with Crippen molar-refractivity contribution in [1.82, 2.24) is 24.4 Å². The number of hydrogen-bond donors (Lipinski definition) is 1. The van der Waals surface area contributed by atoms with E-state index in [1.807, 2.05) is 16.9 Å². The van der Waals surface area contributed by atoms with Crippen LogP contribution in [0.5, 0.6) is 5.75 Å². The van der Waals surface area contributed by atoms with E-state index in [1.165, 1.54) is 7.11 Å². The molecule has 5 rings (SSSR count). The molecule has 3 aromatic heterocycles. The maximum atomic E-state index is 13.1. The monoisotopic (exact) mass is 418 g/mol. The Morgan fingerprint density at radius 1 is 1.32 bits per heavy atom. The van der Waals surface area contributed by atoms with Gasteiger partial charge in [0.25, 0.3) is 5.91 Å². The van der Waals surface area contributed by atoms with Crippen molar-refractivity contribution in [2.75, 3.05) is 12.4 Å². The number of rotatable bonds is 4. The van der Waals surface area contributed by atoms with Crippen molar-refractivity contribution in [3.8, 4) is 5.75 Å². The summed E-state index contributed by atoms with van der Waals surface area (Å²) in [7, 11) is 1.53. The third-order valence-electron chi connectivity index (χ3n) is 5.87. The second kappa shape index (κ2) is 7.50. The number of amides is 1. The van der Waals surface area contributed by atoms with Gasteiger partial charge in [0.1, 0.15) is 11.5 Å². The van der Waals surface area contributed by atoms with E-state index in [1.54, 1.807) is 35.1 Å². The molecule has 1 amide bonds. The summed E-state index contributed by atoms with van der Waals surface area (Å²) in [6.45, 7) is 2.08. The Morgan fingerprint density at radius 2 is 2.19 bits per heavy atom. The molecule has 0 aliphatic heterocycles. The van der Waals surface area contributed by atoms with Crippen LogP contribution in [0.2, 0.25) is 0 Å². The summed E-state index contributed by atoms with van der Waals surface area (Å²) >= 11 is 0. The number of fused-ring (bicyclic) bond motifs is 2. The predicted octanol–water partition coefficient (Wildman–Crippen LogP) is 3.27. The maximum absolute atomic E-state index is 13.1. The lowest BCUT2D eigenvalue weighted by Crippen LogP contribution is -2.26. The number of nitrogens with one attached hydrogen (secondary N) is 1. The van der Waals surface area contributed by atoms with Crippen LogP contribution in [0, 0.1) is 5.92 Å². The number of imidazole rings is 1. The molecular weight excluding hydrogens is 396 g/mol. The van der Waals surface area contributed by atoms with Crippen molar-refractivity contribution in [3.63, 3.8) is 0 Å². The summed E-state index contributed by atoms with van der Waals surface area (Å²) in [5.41, 5.74) is 1.78. The van der Waals surface area contributed by atoms with Gasteiger partial charge >= 0.3 is 0 Å². The topological polar surface area (TPSA) is 103 Å². The second-order valence-electron chi connectivity index (χ2n) is 7.94. The molecule has 1 unspecified atom stereocenters. The van der Waals surface area contributed by atoms with Gasteiger partial charge < -0.3 is 10.1 Å². The van der Waals surface area contributed by atoms with Crippen LogP contribution in [0.15, 0.2) is 42.9 Å². The first-order valence-electron chi connectivity index (χ1n) is 10.2. The van der Waals surface area contributed by atoms with E-state index in [0.717, 1.165) is 17.3 Å². The molecule has 158 valence electrons. The Labute approximate surface area is 178 Å². The lowest BCUT2D eigenvalue weighted by Gasteiger charge is -2.28. The molecule has 9 heteroatoms. The summed E-state index contributed by atoms with van der Waals surface area (Å²) in [5, 5.41) is 12.6. The van der Waals surface area contributed by atoms with E-state index in [4.69, 9.17) is 9.84 Å². The second-order valence-corrected chi connectivity index (χ2v) is 7.94. The van der Waals surface area contributed by atoms with Gasteiger partial charge in [0.15, 0.2) is 11.5 Å². The first-order valence-corrected chi connectivity index (χ1v) is 10.2. The molecule has 9 nitrogen and oxygen atoms in total. The van der Waals surface area contributed by atoms with E-state index < -0.39 is 0 Å². The molecule has 1 fully saturated rings. The normalized spacial score (nSPS) is 19.1. The third-order valence-corrected chi connectivity index (χ3v) is 5.87. The van der Waals surface area contributed by atoms with Gasteiger partial charge in [0.05, 0.1) is 30.4 Å². The average Bonchev–Trinajstić information content (AvgIpc) is 3.36. The zero-order valence-corrected chi connectivity index (χ0v) is 17.3. The number of anilines is 1. The molecule has 0 spiro atoms. The first-order chi connectivity index (χ1) is 15.0. The maximum Gasteiger partial charge on any atom is 0.260 e. The fourth-order valence-electron chi connectivity index (χ4n) is 4.27. The molecule has 1 saturated carbocycles. The number of aromatic nitrogens is 5. The number of Topliss-reactive ketones (excluding diaryl/α,β-unsaturated/α-hetero) is 1. The number of hydrogen-bond acceptors (Lipinski definition) is 6. The van der Waals surface area contributed by atoms with Crippen molar-refractivity contribution in [2.45, 2.75) is 32.2 Å². The molecule has 1 aromatic carbocycles. The zero-order valence-electron chi connectivity index (χ0n) is 17.3. The highest BCUT2D eigenvalue weighted by Crippen LogP contribution is 2.34. The predicted molar refractivity (Wildman–Crippen MR) is 114 cm³/mol. The number of methoxy groups -OCH3 is 1. The molecular formula is C22H22N6O3. The Balaban J connectivity index is 1.48. The van der Waals surface area contributed by atoms with Crippen LogP contribution in [0.25, 0.3) is 16.6 Å². The van der Waals surface area contributed by atoms with Gasteiger partial charge in [-0.3, -0.25) is 14.3 Å². The number of ether oxygens (including phenoxy) is 1. The number of nitrogens with zero attached hydrogens (tertiary/aromatic N) is 5. The summed E-state index contributed by atoms with van der Waals surface area (Å²) in [6, 6.07) is 7.31. The van der Waals surface area contributed by atoms with Crippen molar-refractivity contribution < 1.29 is 14.3 Å².